The number of hydroxylamine groups is 1. The first kappa shape index (κ1) is 15.7. The molecule has 1 heterocycles. The van der Waals surface area contributed by atoms with Crippen LogP contribution in [-0.2, 0) is 14.4 Å². The van der Waals surface area contributed by atoms with Gasteiger partial charge in [0.2, 0.25) is 0 Å². The summed E-state index contributed by atoms with van der Waals surface area (Å²) >= 11 is 0. The second-order valence-electron chi connectivity index (χ2n) is 4.78. The molecule has 0 saturated carbocycles. The van der Waals surface area contributed by atoms with Crippen molar-refractivity contribution < 1.29 is 19.3 Å². The summed E-state index contributed by atoms with van der Waals surface area (Å²) in [6.45, 7) is 5.72. The first-order valence-corrected chi connectivity index (χ1v) is 5.95. The van der Waals surface area contributed by atoms with E-state index >= 15 is 0 Å². The van der Waals surface area contributed by atoms with Crippen molar-refractivity contribution in [1.82, 2.24) is 5.28 Å². The third-order valence-electron chi connectivity index (χ3n) is 3.33. The minimum atomic E-state index is -0.750. The number of hydrazine groups is 2. The normalized spacial score (nSPS) is 23.2. The summed E-state index contributed by atoms with van der Waals surface area (Å²) in [4.78, 5) is 4.24. The van der Waals surface area contributed by atoms with Crippen LogP contribution in [0, 0.1) is 0 Å². The minimum absolute atomic E-state index is 0.243. The molecular formula is C9H25N6O3+. The zero-order valence-electron chi connectivity index (χ0n) is 11.0. The van der Waals surface area contributed by atoms with Crippen LogP contribution in [0.2, 0.25) is 0 Å². The predicted octanol–water partition coefficient (Wildman–Crippen LogP) is -1.58. The van der Waals surface area contributed by atoms with E-state index in [0.29, 0.717) is 31.3 Å². The maximum atomic E-state index is 5.87. The molecule has 0 aromatic rings. The van der Waals surface area contributed by atoms with Gasteiger partial charge in [-0.2, -0.15) is 0 Å². The fraction of sp³-hybridized carbons (Fsp3) is 1.00. The topological polar surface area (TPSA) is 138 Å². The lowest BCUT2D eigenvalue weighted by Gasteiger charge is -2.39. The second kappa shape index (κ2) is 6.19. The van der Waals surface area contributed by atoms with Crippen LogP contribution in [0.1, 0.15) is 26.7 Å². The van der Waals surface area contributed by atoms with E-state index in [1.165, 1.54) is 0 Å². The van der Waals surface area contributed by atoms with Gasteiger partial charge in [0.15, 0.2) is 5.54 Å². The lowest BCUT2D eigenvalue weighted by molar-refractivity contribution is -1.18. The van der Waals surface area contributed by atoms with Gasteiger partial charge in [-0.25, -0.2) is 11.7 Å². The van der Waals surface area contributed by atoms with Crippen molar-refractivity contribution in [1.29, 1.82) is 0 Å². The van der Waals surface area contributed by atoms with Gasteiger partial charge >= 0.3 is 0 Å². The summed E-state index contributed by atoms with van der Waals surface area (Å²) in [6, 6.07) is 0. The molecule has 0 aliphatic carbocycles. The molecule has 8 N–H and O–H groups in total. The van der Waals surface area contributed by atoms with E-state index in [1.54, 1.807) is 0 Å². The van der Waals surface area contributed by atoms with Crippen LogP contribution in [0.25, 0.3) is 0 Å². The zero-order valence-corrected chi connectivity index (χ0v) is 11.0. The highest BCUT2D eigenvalue weighted by atomic mass is 16.9. The first-order valence-electron chi connectivity index (χ1n) is 5.95. The summed E-state index contributed by atoms with van der Waals surface area (Å²) in [5.41, 5.74) is -0.568. The molecule has 0 spiro atoms. The Hall–Kier alpha value is -0.360. The van der Waals surface area contributed by atoms with E-state index in [4.69, 9.17) is 37.8 Å². The molecule has 0 aromatic heterocycles. The molecule has 0 amide bonds. The van der Waals surface area contributed by atoms with E-state index in [9.17, 15) is 0 Å². The van der Waals surface area contributed by atoms with Gasteiger partial charge in [-0.05, 0) is 16.7 Å². The fourth-order valence-corrected chi connectivity index (χ4v) is 1.52. The molecule has 2 atom stereocenters. The van der Waals surface area contributed by atoms with Crippen molar-refractivity contribution in [3.8, 4) is 0 Å². The second-order valence-corrected chi connectivity index (χ2v) is 4.78. The Bertz CT molecular complexity index is 261. The monoisotopic (exact) mass is 265 g/mol. The van der Waals surface area contributed by atoms with Gasteiger partial charge in [-0.15, -0.1) is 11.7 Å². The number of rotatable bonds is 9. The van der Waals surface area contributed by atoms with Crippen molar-refractivity contribution >= 4 is 0 Å². The molecule has 1 saturated heterocycles. The number of epoxide rings is 1. The number of hydrogen-bond donors (Lipinski definition) is 4. The average molecular weight is 265 g/mol. The Morgan fingerprint density at radius 2 is 2.06 bits per heavy atom. The van der Waals surface area contributed by atoms with Crippen molar-refractivity contribution in [2.24, 2.45) is 23.4 Å². The quantitative estimate of drug-likeness (QED) is 0.129. The Morgan fingerprint density at radius 3 is 2.50 bits per heavy atom. The van der Waals surface area contributed by atoms with Crippen molar-refractivity contribution in [3.05, 3.63) is 0 Å². The van der Waals surface area contributed by atoms with Crippen LogP contribution in [-0.4, -0.2) is 41.6 Å². The van der Waals surface area contributed by atoms with E-state index in [-0.39, 0.29) is 6.10 Å². The predicted molar refractivity (Wildman–Crippen MR) is 63.8 cm³/mol. The molecule has 1 rings (SSSR count). The molecule has 108 valence electrons. The molecule has 1 aliphatic heterocycles. The Labute approximate surface area is 107 Å². The fourth-order valence-electron chi connectivity index (χ4n) is 1.52. The van der Waals surface area contributed by atoms with Crippen LogP contribution in [0.3, 0.4) is 0 Å². The number of hydrogen-bond acceptors (Lipinski definition) is 8. The maximum absolute atomic E-state index is 5.87. The van der Waals surface area contributed by atoms with Gasteiger partial charge in [0.05, 0.1) is 19.8 Å². The first-order chi connectivity index (χ1) is 8.31. The summed E-state index contributed by atoms with van der Waals surface area (Å²) in [5.74, 6) is 22.1. The molecule has 1 aliphatic rings. The lowest BCUT2D eigenvalue weighted by atomic mass is 9.95. The zero-order chi connectivity index (χ0) is 13.8. The SMILES string of the molecule is CCC(C)(CCOCC1CO1)[N+](N)(N)ON(N)N. The summed E-state index contributed by atoms with van der Waals surface area (Å²) in [7, 11) is 0. The molecular weight excluding hydrogens is 240 g/mol. The standard InChI is InChI=1S/C9H25N6O3/c1-3-9(2,15(12,13)18-14(10)11)4-5-16-6-8-7-17-8/h8H,3-7,10-13H2,1-2H3/q+1. The Morgan fingerprint density at radius 1 is 1.44 bits per heavy atom. The summed E-state index contributed by atoms with van der Waals surface area (Å²) in [5, 5.41) is 0.507. The highest BCUT2D eigenvalue weighted by Gasteiger charge is 2.46. The lowest BCUT2D eigenvalue weighted by Crippen LogP contribution is -2.75. The van der Waals surface area contributed by atoms with E-state index in [2.05, 4.69) is 0 Å². The van der Waals surface area contributed by atoms with Gasteiger partial charge in [-0.3, -0.25) is 0 Å². The van der Waals surface area contributed by atoms with Gasteiger partial charge in [0, 0.05) is 18.1 Å². The van der Waals surface area contributed by atoms with Crippen molar-refractivity contribution in [3.63, 3.8) is 0 Å². The number of quaternary nitrogens is 1. The van der Waals surface area contributed by atoms with Crippen LogP contribution < -0.4 is 23.4 Å². The molecule has 0 bridgehead atoms. The Balaban J connectivity index is 2.42. The van der Waals surface area contributed by atoms with Crippen LogP contribution in [0.5, 0.6) is 0 Å². The molecule has 18 heavy (non-hydrogen) atoms. The highest BCUT2D eigenvalue weighted by molar-refractivity contribution is 4.72. The molecule has 2 unspecified atom stereocenters. The van der Waals surface area contributed by atoms with Crippen LogP contribution >= 0.6 is 0 Å². The molecule has 9 heteroatoms. The smallest absolute Gasteiger partial charge is 0.169 e. The molecule has 0 aromatic carbocycles. The highest BCUT2D eigenvalue weighted by Crippen LogP contribution is 2.25. The van der Waals surface area contributed by atoms with Crippen LogP contribution in [0.4, 0.5) is 0 Å². The average Bonchev–Trinajstić information content (AvgIpc) is 3.05. The van der Waals surface area contributed by atoms with E-state index in [1.807, 2.05) is 13.8 Å². The van der Waals surface area contributed by atoms with Gasteiger partial charge in [0.1, 0.15) is 6.10 Å². The van der Waals surface area contributed by atoms with Gasteiger partial charge in [0.25, 0.3) is 0 Å². The van der Waals surface area contributed by atoms with Gasteiger partial charge in [-0.1, -0.05) is 6.92 Å². The summed E-state index contributed by atoms with van der Waals surface area (Å²) in [6.07, 6.45) is 1.53. The maximum Gasteiger partial charge on any atom is 0.169 e. The van der Waals surface area contributed by atoms with E-state index < -0.39 is 10.4 Å². The third-order valence-corrected chi connectivity index (χ3v) is 3.33. The number of nitrogens with two attached hydrogens (primary N) is 4. The molecule has 0 radical (unpaired) electrons. The Kier molecular flexibility index (Phi) is 5.40. The molecule has 9 nitrogen and oxygen atoms in total. The van der Waals surface area contributed by atoms with Crippen LogP contribution in [0.15, 0.2) is 0 Å². The van der Waals surface area contributed by atoms with Crippen molar-refractivity contribution in [2.75, 3.05) is 19.8 Å². The number of nitrogens with zero attached hydrogens (tertiary/aromatic N) is 2. The van der Waals surface area contributed by atoms with E-state index in [0.717, 1.165) is 6.61 Å². The third kappa shape index (κ3) is 4.39. The van der Waals surface area contributed by atoms with Gasteiger partial charge < -0.3 is 9.47 Å². The number of ether oxygens (including phenoxy) is 2. The minimum Gasteiger partial charge on any atom is -0.378 e. The largest absolute Gasteiger partial charge is 0.378 e. The van der Waals surface area contributed by atoms with Crippen molar-refractivity contribution in [2.45, 2.75) is 38.3 Å². The summed E-state index contributed by atoms with van der Waals surface area (Å²) < 4.78 is 10.5. The molecule has 1 fully saturated rings.